The van der Waals surface area contributed by atoms with Gasteiger partial charge in [-0.25, -0.2) is 9.59 Å². The van der Waals surface area contributed by atoms with Gasteiger partial charge in [0.15, 0.2) is 0 Å². The predicted molar refractivity (Wildman–Crippen MR) is 90.7 cm³/mol. The molecule has 0 aromatic heterocycles. The van der Waals surface area contributed by atoms with E-state index in [1.165, 1.54) is 11.8 Å². The highest BCUT2D eigenvalue weighted by atomic mass is 32.2. The minimum Gasteiger partial charge on any atom is -0.463 e. The number of ether oxygens (including phenoxy) is 1. The lowest BCUT2D eigenvalue weighted by molar-refractivity contribution is -0.138. The van der Waals surface area contributed by atoms with Crippen LogP contribution in [-0.4, -0.2) is 52.7 Å². The Kier molecular flexibility index (Phi) is 6.07. The number of esters is 1. The van der Waals surface area contributed by atoms with Gasteiger partial charge in [0.2, 0.25) is 0 Å². The van der Waals surface area contributed by atoms with Crippen molar-refractivity contribution in [1.82, 2.24) is 15.5 Å². The van der Waals surface area contributed by atoms with E-state index >= 15 is 0 Å². The predicted octanol–water partition coefficient (Wildman–Crippen LogP) is 1.62. The Labute approximate surface area is 140 Å². The molecular formula is C14H21N3O3S2. The van der Waals surface area contributed by atoms with E-state index in [1.54, 1.807) is 13.8 Å². The molecule has 8 heteroatoms. The molecule has 1 unspecified atom stereocenters. The summed E-state index contributed by atoms with van der Waals surface area (Å²) in [6, 6.07) is -0.674. The summed E-state index contributed by atoms with van der Waals surface area (Å²) in [4.78, 5) is 25.9. The van der Waals surface area contributed by atoms with Crippen LogP contribution < -0.4 is 10.6 Å². The molecule has 0 saturated carbocycles. The Balaban J connectivity index is 2.07. The van der Waals surface area contributed by atoms with E-state index in [-0.39, 0.29) is 12.1 Å². The highest BCUT2D eigenvalue weighted by Crippen LogP contribution is 2.22. The van der Waals surface area contributed by atoms with Crippen molar-refractivity contribution in [1.29, 1.82) is 0 Å². The van der Waals surface area contributed by atoms with Gasteiger partial charge in [0.25, 0.3) is 0 Å². The number of likely N-dealkylation sites (tertiary alicyclic amines) is 1. The lowest BCUT2D eigenvalue weighted by Gasteiger charge is -2.27. The second kappa shape index (κ2) is 7.82. The van der Waals surface area contributed by atoms with Gasteiger partial charge < -0.3 is 20.3 Å². The molecule has 2 amide bonds. The smallest absolute Gasteiger partial charge is 0.337 e. The Bertz CT molecular complexity index is 502. The molecule has 2 heterocycles. The van der Waals surface area contributed by atoms with Crippen LogP contribution >= 0.6 is 24.0 Å². The number of carbonyl (C=O) groups excluding carboxylic acids is 2. The van der Waals surface area contributed by atoms with Crippen molar-refractivity contribution in [3.8, 4) is 0 Å². The van der Waals surface area contributed by atoms with E-state index in [9.17, 15) is 9.59 Å². The summed E-state index contributed by atoms with van der Waals surface area (Å²) in [5.74, 6) is 0.0616. The van der Waals surface area contributed by atoms with Gasteiger partial charge in [-0.05, 0) is 26.7 Å². The molecule has 2 rings (SSSR count). The molecule has 2 aliphatic heterocycles. The SMILES string of the molecule is CCOC(=O)C1=C(CSC(=S)N2CCCC2)NC(=O)NC1C. The average Bonchev–Trinajstić information content (AvgIpc) is 2.98. The Morgan fingerprint density at radius 2 is 2.14 bits per heavy atom. The van der Waals surface area contributed by atoms with Crippen LogP contribution in [0.15, 0.2) is 11.3 Å². The van der Waals surface area contributed by atoms with Crippen molar-refractivity contribution in [2.75, 3.05) is 25.4 Å². The normalized spacial score (nSPS) is 21.5. The standard InChI is InChI=1S/C14H21N3O3S2/c1-3-20-12(18)11-9(2)15-13(19)16-10(11)8-22-14(21)17-6-4-5-7-17/h9H,3-8H2,1-2H3,(H2,15,16,19). The fourth-order valence-electron chi connectivity index (χ4n) is 2.52. The minimum atomic E-state index is -0.398. The largest absolute Gasteiger partial charge is 0.463 e. The molecule has 1 atom stereocenters. The molecule has 6 nitrogen and oxygen atoms in total. The van der Waals surface area contributed by atoms with Gasteiger partial charge in [-0.15, -0.1) is 0 Å². The van der Waals surface area contributed by atoms with E-state index in [1.807, 2.05) is 0 Å². The second-order valence-electron chi connectivity index (χ2n) is 5.18. The van der Waals surface area contributed by atoms with Crippen LogP contribution in [0.4, 0.5) is 4.79 Å². The quantitative estimate of drug-likeness (QED) is 0.597. The van der Waals surface area contributed by atoms with Crippen LogP contribution in [-0.2, 0) is 9.53 Å². The van der Waals surface area contributed by atoms with Crippen LogP contribution in [0.3, 0.4) is 0 Å². The number of amides is 2. The number of nitrogens with one attached hydrogen (secondary N) is 2. The zero-order valence-corrected chi connectivity index (χ0v) is 14.4. The fourth-order valence-corrected chi connectivity index (χ4v) is 3.74. The van der Waals surface area contributed by atoms with Crippen molar-refractivity contribution in [2.24, 2.45) is 0 Å². The van der Waals surface area contributed by atoms with E-state index in [2.05, 4.69) is 15.5 Å². The molecule has 1 fully saturated rings. The van der Waals surface area contributed by atoms with Gasteiger partial charge in [0, 0.05) is 24.5 Å². The Morgan fingerprint density at radius 1 is 1.45 bits per heavy atom. The highest BCUT2D eigenvalue weighted by Gasteiger charge is 2.30. The van der Waals surface area contributed by atoms with Crippen molar-refractivity contribution < 1.29 is 14.3 Å². The van der Waals surface area contributed by atoms with Crippen molar-refractivity contribution in [2.45, 2.75) is 32.7 Å². The van der Waals surface area contributed by atoms with Gasteiger partial charge in [-0.1, -0.05) is 24.0 Å². The summed E-state index contributed by atoms with van der Waals surface area (Å²) in [6.07, 6.45) is 2.32. The first-order valence-corrected chi connectivity index (χ1v) is 8.81. The third-order valence-electron chi connectivity index (χ3n) is 3.57. The third kappa shape index (κ3) is 4.13. The summed E-state index contributed by atoms with van der Waals surface area (Å²) < 4.78 is 5.90. The summed E-state index contributed by atoms with van der Waals surface area (Å²) >= 11 is 6.89. The van der Waals surface area contributed by atoms with Crippen LogP contribution in [0.2, 0.25) is 0 Å². The van der Waals surface area contributed by atoms with Gasteiger partial charge in [0.1, 0.15) is 4.32 Å². The van der Waals surface area contributed by atoms with Crippen molar-refractivity contribution >= 4 is 40.3 Å². The Morgan fingerprint density at radius 3 is 2.77 bits per heavy atom. The molecular weight excluding hydrogens is 322 g/mol. The molecule has 22 heavy (non-hydrogen) atoms. The maximum Gasteiger partial charge on any atom is 0.337 e. The molecule has 2 N–H and O–H groups in total. The molecule has 1 saturated heterocycles. The zero-order chi connectivity index (χ0) is 16.1. The lowest BCUT2D eigenvalue weighted by atomic mass is 10.1. The number of thioether (sulfide) groups is 1. The number of rotatable bonds is 4. The van der Waals surface area contributed by atoms with Gasteiger partial charge in [-0.2, -0.15) is 0 Å². The maximum atomic E-state index is 12.1. The van der Waals surface area contributed by atoms with Crippen molar-refractivity contribution in [3.63, 3.8) is 0 Å². The molecule has 0 aromatic carbocycles. The number of nitrogens with zero attached hydrogens (tertiary/aromatic N) is 1. The zero-order valence-electron chi connectivity index (χ0n) is 12.8. The summed E-state index contributed by atoms with van der Waals surface area (Å²) in [7, 11) is 0. The third-order valence-corrected chi connectivity index (χ3v) is 5.12. The number of hydrogen-bond acceptors (Lipinski definition) is 5. The maximum absolute atomic E-state index is 12.1. The van der Waals surface area contributed by atoms with Gasteiger partial charge in [0.05, 0.1) is 18.2 Å². The minimum absolute atomic E-state index is 0.301. The number of urea groups is 1. The summed E-state index contributed by atoms with van der Waals surface area (Å²) in [6.45, 7) is 5.80. The topological polar surface area (TPSA) is 70.7 Å². The molecule has 2 aliphatic rings. The van der Waals surface area contributed by atoms with Crippen LogP contribution in [0.1, 0.15) is 26.7 Å². The molecule has 0 aliphatic carbocycles. The monoisotopic (exact) mass is 343 g/mol. The van der Waals surface area contributed by atoms with E-state index in [0.29, 0.717) is 23.6 Å². The molecule has 0 spiro atoms. The van der Waals surface area contributed by atoms with E-state index < -0.39 is 5.97 Å². The Hall–Kier alpha value is -1.28. The van der Waals surface area contributed by atoms with Gasteiger partial charge in [-0.3, -0.25) is 0 Å². The summed E-state index contributed by atoms with van der Waals surface area (Å²) in [5.41, 5.74) is 1.06. The first-order chi connectivity index (χ1) is 10.5. The molecule has 0 bridgehead atoms. The summed E-state index contributed by atoms with van der Waals surface area (Å²) in [5, 5.41) is 5.39. The highest BCUT2D eigenvalue weighted by molar-refractivity contribution is 8.23. The first kappa shape index (κ1) is 17.1. The molecule has 0 aromatic rings. The fraction of sp³-hybridized carbons (Fsp3) is 0.643. The van der Waals surface area contributed by atoms with E-state index in [0.717, 1.165) is 30.3 Å². The van der Waals surface area contributed by atoms with Crippen LogP contribution in [0.5, 0.6) is 0 Å². The number of carbonyl (C=O) groups is 2. The lowest BCUT2D eigenvalue weighted by Crippen LogP contribution is -2.49. The molecule has 122 valence electrons. The van der Waals surface area contributed by atoms with Crippen LogP contribution in [0, 0.1) is 0 Å². The first-order valence-electron chi connectivity index (χ1n) is 7.42. The van der Waals surface area contributed by atoms with E-state index in [4.69, 9.17) is 17.0 Å². The van der Waals surface area contributed by atoms with Crippen LogP contribution in [0.25, 0.3) is 0 Å². The molecule has 0 radical (unpaired) electrons. The van der Waals surface area contributed by atoms with Gasteiger partial charge >= 0.3 is 12.0 Å². The number of hydrogen-bond donors (Lipinski definition) is 2. The second-order valence-corrected chi connectivity index (χ2v) is 6.79. The van der Waals surface area contributed by atoms with Crippen molar-refractivity contribution in [3.05, 3.63) is 11.3 Å². The average molecular weight is 343 g/mol. The number of thiocarbonyl (C=S) groups is 1.